The first-order valence-electron chi connectivity index (χ1n) is 7.02. The van der Waals surface area contributed by atoms with Gasteiger partial charge >= 0.3 is 7.12 Å². The molecule has 1 aliphatic rings. The molecule has 1 aromatic rings. The smallest absolute Gasteiger partial charge is 0.423 e. The number of rotatable bonds is 3. The lowest BCUT2D eigenvalue weighted by molar-refractivity contribution is 0.289. The summed E-state index contributed by atoms with van der Waals surface area (Å²) in [4.78, 5) is 0. The van der Waals surface area contributed by atoms with E-state index in [9.17, 15) is 10.0 Å². The van der Waals surface area contributed by atoms with E-state index >= 15 is 0 Å². The van der Waals surface area contributed by atoms with Gasteiger partial charge in [-0.2, -0.15) is 0 Å². The summed E-state index contributed by atoms with van der Waals surface area (Å²) in [5.74, 6) is 1.71. The van der Waals surface area contributed by atoms with Crippen LogP contribution in [0.25, 0.3) is 0 Å². The fourth-order valence-corrected chi connectivity index (χ4v) is 3.02. The third-order valence-corrected chi connectivity index (χ3v) is 4.27. The van der Waals surface area contributed by atoms with Crippen molar-refractivity contribution in [1.82, 2.24) is 0 Å². The molecule has 0 amide bonds. The first-order valence-corrected chi connectivity index (χ1v) is 7.02. The standard InChI is InChI=1S/C15H23BO2/c1-11-3-5-13(6-4-11)10-14-7-8-15(16(17)18)12(2)9-14/h7-9,11,13,17-18H,3-6,10H2,1-2H3. The topological polar surface area (TPSA) is 40.5 Å². The molecule has 1 fully saturated rings. The number of hydrogen-bond donors (Lipinski definition) is 2. The number of benzene rings is 1. The van der Waals surface area contributed by atoms with Gasteiger partial charge in [0.1, 0.15) is 0 Å². The van der Waals surface area contributed by atoms with Crippen molar-refractivity contribution in [3.63, 3.8) is 0 Å². The van der Waals surface area contributed by atoms with Crippen molar-refractivity contribution >= 4 is 12.6 Å². The van der Waals surface area contributed by atoms with Crippen molar-refractivity contribution in [2.24, 2.45) is 11.8 Å². The average Bonchev–Trinajstić information content (AvgIpc) is 2.32. The van der Waals surface area contributed by atoms with Gasteiger partial charge in [0, 0.05) is 0 Å². The minimum absolute atomic E-state index is 0.621. The van der Waals surface area contributed by atoms with Gasteiger partial charge in [-0.25, -0.2) is 0 Å². The van der Waals surface area contributed by atoms with E-state index in [2.05, 4.69) is 13.0 Å². The Bertz CT molecular complexity index is 395. The maximum atomic E-state index is 9.20. The van der Waals surface area contributed by atoms with E-state index in [1.54, 1.807) is 0 Å². The average molecular weight is 246 g/mol. The van der Waals surface area contributed by atoms with Crippen LogP contribution in [0.15, 0.2) is 18.2 Å². The molecular formula is C15H23BO2. The van der Waals surface area contributed by atoms with Crippen LogP contribution in [0.4, 0.5) is 0 Å². The molecule has 0 bridgehead atoms. The molecule has 0 spiro atoms. The molecule has 98 valence electrons. The first-order chi connectivity index (χ1) is 8.56. The number of aryl methyl sites for hydroxylation is 1. The summed E-state index contributed by atoms with van der Waals surface area (Å²) in [6, 6.07) is 5.99. The van der Waals surface area contributed by atoms with Crippen LogP contribution in [0, 0.1) is 18.8 Å². The molecule has 0 atom stereocenters. The molecule has 3 heteroatoms. The Morgan fingerprint density at radius 2 is 1.83 bits per heavy atom. The maximum Gasteiger partial charge on any atom is 0.488 e. The summed E-state index contributed by atoms with van der Waals surface area (Å²) in [7, 11) is -1.35. The van der Waals surface area contributed by atoms with Crippen LogP contribution in [0.2, 0.25) is 0 Å². The lowest BCUT2D eigenvalue weighted by Gasteiger charge is -2.26. The zero-order valence-corrected chi connectivity index (χ0v) is 11.4. The Balaban J connectivity index is 2.00. The Morgan fingerprint density at radius 3 is 2.39 bits per heavy atom. The Hall–Kier alpha value is -0.795. The molecule has 0 saturated heterocycles. The van der Waals surface area contributed by atoms with Crippen molar-refractivity contribution in [1.29, 1.82) is 0 Å². The molecule has 1 aromatic carbocycles. The van der Waals surface area contributed by atoms with Crippen molar-refractivity contribution in [3.8, 4) is 0 Å². The highest BCUT2D eigenvalue weighted by molar-refractivity contribution is 6.59. The van der Waals surface area contributed by atoms with Crippen molar-refractivity contribution in [2.45, 2.75) is 46.0 Å². The van der Waals surface area contributed by atoms with Gasteiger partial charge < -0.3 is 10.0 Å². The highest BCUT2D eigenvalue weighted by atomic mass is 16.4. The van der Waals surface area contributed by atoms with Gasteiger partial charge in [0.05, 0.1) is 0 Å². The van der Waals surface area contributed by atoms with E-state index in [1.165, 1.54) is 31.2 Å². The van der Waals surface area contributed by atoms with Crippen LogP contribution in [-0.2, 0) is 6.42 Å². The van der Waals surface area contributed by atoms with Gasteiger partial charge in [0.2, 0.25) is 0 Å². The summed E-state index contributed by atoms with van der Waals surface area (Å²) in [6.07, 6.45) is 6.53. The highest BCUT2D eigenvalue weighted by Gasteiger charge is 2.19. The molecular weight excluding hydrogens is 223 g/mol. The zero-order valence-electron chi connectivity index (χ0n) is 11.4. The first kappa shape index (κ1) is 13.6. The van der Waals surface area contributed by atoms with Crippen LogP contribution in [0.1, 0.15) is 43.7 Å². The summed E-state index contributed by atoms with van der Waals surface area (Å²) in [5, 5.41) is 18.4. The fraction of sp³-hybridized carbons (Fsp3) is 0.600. The lowest BCUT2D eigenvalue weighted by atomic mass is 9.75. The second-order valence-corrected chi connectivity index (χ2v) is 5.89. The summed E-state index contributed by atoms with van der Waals surface area (Å²) < 4.78 is 0. The predicted octanol–water partition coefficient (Wildman–Crippen LogP) is 2.04. The van der Waals surface area contributed by atoms with Gasteiger partial charge in [-0.1, -0.05) is 43.5 Å². The molecule has 2 rings (SSSR count). The second-order valence-electron chi connectivity index (χ2n) is 5.89. The van der Waals surface area contributed by atoms with Crippen LogP contribution >= 0.6 is 0 Å². The van der Waals surface area contributed by atoms with E-state index in [-0.39, 0.29) is 0 Å². The third kappa shape index (κ3) is 3.36. The molecule has 0 aromatic heterocycles. The predicted molar refractivity (Wildman–Crippen MR) is 75.8 cm³/mol. The van der Waals surface area contributed by atoms with E-state index in [0.29, 0.717) is 5.46 Å². The third-order valence-electron chi connectivity index (χ3n) is 4.27. The monoisotopic (exact) mass is 246 g/mol. The lowest BCUT2D eigenvalue weighted by Crippen LogP contribution is -2.32. The molecule has 1 aliphatic carbocycles. The van der Waals surface area contributed by atoms with E-state index < -0.39 is 7.12 Å². The van der Waals surface area contributed by atoms with Gasteiger partial charge in [-0.3, -0.25) is 0 Å². The summed E-state index contributed by atoms with van der Waals surface area (Å²) >= 11 is 0. The summed E-state index contributed by atoms with van der Waals surface area (Å²) in [6.45, 7) is 4.29. The maximum absolute atomic E-state index is 9.20. The van der Waals surface area contributed by atoms with Crippen LogP contribution in [0.5, 0.6) is 0 Å². The largest absolute Gasteiger partial charge is 0.488 e. The van der Waals surface area contributed by atoms with E-state index in [4.69, 9.17) is 0 Å². The molecule has 2 N–H and O–H groups in total. The molecule has 18 heavy (non-hydrogen) atoms. The molecule has 0 radical (unpaired) electrons. The molecule has 0 unspecified atom stereocenters. The van der Waals surface area contributed by atoms with Crippen molar-refractivity contribution < 1.29 is 10.0 Å². The van der Waals surface area contributed by atoms with Crippen molar-refractivity contribution in [3.05, 3.63) is 29.3 Å². The van der Waals surface area contributed by atoms with Gasteiger partial charge in [-0.05, 0) is 49.0 Å². The fourth-order valence-electron chi connectivity index (χ4n) is 3.02. The zero-order chi connectivity index (χ0) is 13.1. The molecule has 0 heterocycles. The van der Waals surface area contributed by atoms with Crippen molar-refractivity contribution in [2.75, 3.05) is 0 Å². The van der Waals surface area contributed by atoms with Crippen LogP contribution < -0.4 is 5.46 Å². The Labute approximate surface area is 110 Å². The molecule has 2 nitrogen and oxygen atoms in total. The Kier molecular flexibility index (Phi) is 4.47. The normalized spacial score (nSPS) is 24.0. The molecule has 0 aliphatic heterocycles. The molecule has 1 saturated carbocycles. The van der Waals surface area contributed by atoms with Crippen LogP contribution in [0.3, 0.4) is 0 Å². The minimum atomic E-state index is -1.35. The summed E-state index contributed by atoms with van der Waals surface area (Å²) in [5.41, 5.74) is 2.93. The number of hydrogen-bond acceptors (Lipinski definition) is 2. The SMILES string of the molecule is Cc1cc(CC2CCC(C)CC2)ccc1B(O)O. The quantitative estimate of drug-likeness (QED) is 0.801. The second kappa shape index (κ2) is 5.90. The van der Waals surface area contributed by atoms with Gasteiger partial charge in [-0.15, -0.1) is 0 Å². The highest BCUT2D eigenvalue weighted by Crippen LogP contribution is 2.30. The van der Waals surface area contributed by atoms with Gasteiger partial charge in [0.25, 0.3) is 0 Å². The van der Waals surface area contributed by atoms with E-state index in [0.717, 1.165) is 23.8 Å². The van der Waals surface area contributed by atoms with Crippen LogP contribution in [-0.4, -0.2) is 17.2 Å². The Morgan fingerprint density at radius 1 is 1.17 bits per heavy atom. The minimum Gasteiger partial charge on any atom is -0.423 e. The van der Waals surface area contributed by atoms with E-state index in [1.807, 2.05) is 19.1 Å². The van der Waals surface area contributed by atoms with Gasteiger partial charge in [0.15, 0.2) is 0 Å².